The second kappa shape index (κ2) is 7.42. The molecule has 1 aromatic heterocycles. The van der Waals surface area contributed by atoms with Gasteiger partial charge >= 0.3 is 17.6 Å². The lowest BCUT2D eigenvalue weighted by atomic mass is 10.1. The summed E-state index contributed by atoms with van der Waals surface area (Å²) in [6.45, 7) is 3.23. The van der Waals surface area contributed by atoms with Crippen molar-refractivity contribution in [2.24, 2.45) is 0 Å². The summed E-state index contributed by atoms with van der Waals surface area (Å²) in [5.74, 6) is -2.28. The molecule has 0 bridgehead atoms. The summed E-state index contributed by atoms with van der Waals surface area (Å²) in [5.41, 5.74) is 2.03. The van der Waals surface area contributed by atoms with Crippen LogP contribution in [-0.2, 0) is 9.59 Å². The van der Waals surface area contributed by atoms with Crippen molar-refractivity contribution in [2.45, 2.75) is 13.0 Å². The number of amides is 2. The van der Waals surface area contributed by atoms with E-state index >= 15 is 0 Å². The third kappa shape index (κ3) is 3.84. The Morgan fingerprint density at radius 2 is 1.93 bits per heavy atom. The molecule has 1 atom stereocenters. The Kier molecular flexibility index (Phi) is 4.79. The molecule has 2 heterocycles. The summed E-state index contributed by atoms with van der Waals surface area (Å²) < 4.78 is 18.1. The van der Waals surface area contributed by atoms with E-state index in [0.29, 0.717) is 36.4 Å². The number of H-pyrrole nitrogens is 1. The molecule has 29 heavy (non-hydrogen) atoms. The van der Waals surface area contributed by atoms with Gasteiger partial charge in [0, 0.05) is 43.1 Å². The summed E-state index contributed by atoms with van der Waals surface area (Å²) in [7, 11) is 0. The third-order valence-electron chi connectivity index (χ3n) is 4.95. The van der Waals surface area contributed by atoms with E-state index in [9.17, 15) is 18.8 Å². The van der Waals surface area contributed by atoms with Gasteiger partial charge in [0.2, 0.25) is 0 Å². The van der Waals surface area contributed by atoms with Crippen LogP contribution in [0.4, 0.5) is 15.8 Å². The number of rotatable bonds is 2. The number of fused-ring (bicyclic) bond motifs is 1. The van der Waals surface area contributed by atoms with Crippen molar-refractivity contribution < 1.29 is 18.4 Å². The van der Waals surface area contributed by atoms with Crippen LogP contribution in [0.15, 0.2) is 51.7 Å². The molecule has 2 N–H and O–H groups in total. The minimum Gasteiger partial charge on any atom is -0.408 e. The first-order chi connectivity index (χ1) is 13.9. The Bertz CT molecular complexity index is 1120. The predicted octanol–water partition coefficient (Wildman–Crippen LogP) is 1.94. The fourth-order valence-electron chi connectivity index (χ4n) is 3.51. The minimum absolute atomic E-state index is 0.0311. The Morgan fingerprint density at radius 3 is 2.66 bits per heavy atom. The number of benzene rings is 2. The number of hydrogen-bond acceptors (Lipinski definition) is 5. The Morgan fingerprint density at radius 1 is 1.17 bits per heavy atom. The van der Waals surface area contributed by atoms with Gasteiger partial charge in [0.15, 0.2) is 5.58 Å². The molecular weight excluding hydrogens is 379 g/mol. The smallest absolute Gasteiger partial charge is 0.408 e. The van der Waals surface area contributed by atoms with Crippen molar-refractivity contribution in [2.75, 3.05) is 29.9 Å². The van der Waals surface area contributed by atoms with E-state index in [0.717, 1.165) is 5.69 Å². The molecule has 0 radical (unpaired) electrons. The number of carbonyl (C=O) groups is 2. The van der Waals surface area contributed by atoms with E-state index in [2.05, 4.69) is 15.2 Å². The third-order valence-corrected chi connectivity index (χ3v) is 4.95. The van der Waals surface area contributed by atoms with Gasteiger partial charge in [0.25, 0.3) is 0 Å². The van der Waals surface area contributed by atoms with E-state index < -0.39 is 17.6 Å². The van der Waals surface area contributed by atoms with Crippen molar-refractivity contribution in [3.63, 3.8) is 0 Å². The molecule has 9 heteroatoms. The largest absolute Gasteiger partial charge is 0.417 e. The Labute approximate surface area is 164 Å². The van der Waals surface area contributed by atoms with Gasteiger partial charge < -0.3 is 19.5 Å². The summed E-state index contributed by atoms with van der Waals surface area (Å²) in [6.07, 6.45) is 0. The number of piperazine rings is 1. The zero-order valence-corrected chi connectivity index (χ0v) is 15.6. The number of halogens is 1. The Balaban J connectivity index is 1.40. The maximum atomic E-state index is 13.1. The topological polar surface area (TPSA) is 98.7 Å². The lowest BCUT2D eigenvalue weighted by Gasteiger charge is -2.41. The molecule has 1 fully saturated rings. The number of hydrogen-bond donors (Lipinski definition) is 2. The van der Waals surface area contributed by atoms with Crippen LogP contribution < -0.4 is 16.0 Å². The second-order valence-corrected chi connectivity index (χ2v) is 6.95. The highest BCUT2D eigenvalue weighted by atomic mass is 19.1. The monoisotopic (exact) mass is 398 g/mol. The molecule has 2 amide bonds. The highest BCUT2D eigenvalue weighted by Crippen LogP contribution is 2.21. The number of carbonyl (C=O) groups excluding carboxylic acids is 2. The van der Waals surface area contributed by atoms with Crippen LogP contribution in [0.25, 0.3) is 11.1 Å². The first kappa shape index (κ1) is 18.7. The van der Waals surface area contributed by atoms with Crippen LogP contribution in [0.1, 0.15) is 6.92 Å². The first-order valence-electron chi connectivity index (χ1n) is 9.16. The van der Waals surface area contributed by atoms with Crippen molar-refractivity contribution in [1.29, 1.82) is 0 Å². The minimum atomic E-state index is -0.760. The zero-order chi connectivity index (χ0) is 20.5. The average molecular weight is 398 g/mol. The maximum absolute atomic E-state index is 13.1. The number of nitrogens with one attached hydrogen (secondary N) is 2. The summed E-state index contributed by atoms with van der Waals surface area (Å²) in [4.78, 5) is 42.3. The van der Waals surface area contributed by atoms with E-state index in [1.165, 1.54) is 23.1 Å². The van der Waals surface area contributed by atoms with E-state index in [4.69, 9.17) is 4.42 Å². The van der Waals surface area contributed by atoms with Gasteiger partial charge in [-0.05, 0) is 43.3 Å². The first-order valence-corrected chi connectivity index (χ1v) is 9.16. The highest BCUT2D eigenvalue weighted by Gasteiger charge is 2.30. The standard InChI is InChI=1S/C20H19FN4O4/c1-12-11-24(8-9-25(12)15-5-2-13(21)3-6-15)19(27)18(26)22-14-4-7-16-17(10-14)29-20(28)23-16/h2-7,10,12H,8-9,11H2,1H3,(H,22,26)(H,23,28)/t12-/m0/s1. The van der Waals surface area contributed by atoms with Gasteiger partial charge in [-0.3, -0.25) is 14.6 Å². The quantitative estimate of drug-likeness (QED) is 0.643. The number of aromatic nitrogens is 1. The fraction of sp³-hybridized carbons (Fsp3) is 0.250. The fourth-order valence-corrected chi connectivity index (χ4v) is 3.51. The molecular formula is C20H19FN4O4. The van der Waals surface area contributed by atoms with Crippen LogP contribution in [-0.4, -0.2) is 47.4 Å². The predicted molar refractivity (Wildman–Crippen MR) is 105 cm³/mol. The number of oxazole rings is 1. The normalized spacial score (nSPS) is 16.8. The number of aromatic amines is 1. The van der Waals surface area contributed by atoms with E-state index in [-0.39, 0.29) is 11.9 Å². The lowest BCUT2D eigenvalue weighted by molar-refractivity contribution is -0.143. The average Bonchev–Trinajstić information content (AvgIpc) is 3.07. The molecule has 1 aliphatic heterocycles. The molecule has 0 aliphatic carbocycles. The van der Waals surface area contributed by atoms with Crippen molar-refractivity contribution >= 4 is 34.3 Å². The molecule has 4 rings (SSSR count). The molecule has 0 spiro atoms. The van der Waals surface area contributed by atoms with Gasteiger partial charge in [0.05, 0.1) is 5.52 Å². The van der Waals surface area contributed by atoms with Crippen molar-refractivity contribution in [3.05, 3.63) is 58.8 Å². The molecule has 150 valence electrons. The Hall–Kier alpha value is -3.62. The van der Waals surface area contributed by atoms with Gasteiger partial charge in [0.1, 0.15) is 5.82 Å². The molecule has 0 saturated carbocycles. The molecule has 3 aromatic rings. The van der Waals surface area contributed by atoms with Gasteiger partial charge in [-0.2, -0.15) is 0 Å². The van der Waals surface area contributed by atoms with Crippen LogP contribution in [0.2, 0.25) is 0 Å². The lowest BCUT2D eigenvalue weighted by Crippen LogP contribution is -2.55. The SMILES string of the molecule is C[C@H]1CN(C(=O)C(=O)Nc2ccc3[nH]c(=O)oc3c2)CCN1c1ccc(F)cc1. The highest BCUT2D eigenvalue weighted by molar-refractivity contribution is 6.39. The van der Waals surface area contributed by atoms with Crippen LogP contribution >= 0.6 is 0 Å². The van der Waals surface area contributed by atoms with Crippen molar-refractivity contribution in [3.8, 4) is 0 Å². The molecule has 1 saturated heterocycles. The molecule has 1 aliphatic rings. The van der Waals surface area contributed by atoms with Gasteiger partial charge in [-0.25, -0.2) is 9.18 Å². The number of anilines is 2. The summed E-state index contributed by atoms with van der Waals surface area (Å²) in [6, 6.07) is 10.8. The summed E-state index contributed by atoms with van der Waals surface area (Å²) >= 11 is 0. The molecule has 0 unspecified atom stereocenters. The van der Waals surface area contributed by atoms with Gasteiger partial charge in [-0.1, -0.05) is 0 Å². The van der Waals surface area contributed by atoms with Gasteiger partial charge in [-0.15, -0.1) is 0 Å². The zero-order valence-electron chi connectivity index (χ0n) is 15.6. The van der Waals surface area contributed by atoms with Crippen LogP contribution in [0, 0.1) is 5.82 Å². The second-order valence-electron chi connectivity index (χ2n) is 6.95. The van der Waals surface area contributed by atoms with Crippen LogP contribution in [0.3, 0.4) is 0 Å². The molecule has 2 aromatic carbocycles. The summed E-state index contributed by atoms with van der Waals surface area (Å²) in [5, 5.41) is 2.54. The maximum Gasteiger partial charge on any atom is 0.417 e. The van der Waals surface area contributed by atoms with Crippen LogP contribution in [0.5, 0.6) is 0 Å². The molecule has 8 nitrogen and oxygen atoms in total. The van der Waals surface area contributed by atoms with E-state index in [1.807, 2.05) is 6.92 Å². The van der Waals surface area contributed by atoms with E-state index in [1.54, 1.807) is 24.3 Å². The number of nitrogens with zero attached hydrogens (tertiary/aromatic N) is 2. The van der Waals surface area contributed by atoms with Crippen molar-refractivity contribution in [1.82, 2.24) is 9.88 Å².